The number of hydrogen-bond donors (Lipinski definition) is 0. The molecule has 0 saturated heterocycles. The van der Waals surface area contributed by atoms with Gasteiger partial charge in [0.15, 0.2) is 0 Å². The lowest BCUT2D eigenvalue weighted by atomic mass is 9.70. The predicted molar refractivity (Wildman–Crippen MR) is 198 cm³/mol. The van der Waals surface area contributed by atoms with Gasteiger partial charge in [-0.2, -0.15) is 0 Å². The van der Waals surface area contributed by atoms with E-state index in [1.165, 1.54) is 71.9 Å². The van der Waals surface area contributed by atoms with E-state index in [2.05, 4.69) is 146 Å². The van der Waals surface area contributed by atoms with Gasteiger partial charge in [-0.3, -0.25) is 15.0 Å². The molecule has 0 N–H and O–H groups in total. The standard InChI is InChI=1S/C45H45N3/c1-4-10-40(11-5-1)43-25-22-34(31-46-43)16-19-37-28-38(20-17-35-23-26-44(47-32-35)41-12-6-2-7-13-41)30-39(29-37)21-18-36-24-27-45(48-33-36)42-14-8-3-9-15-42/h1-15,22-27,31-33,37-39H,16-21,28-30H2. The van der Waals surface area contributed by atoms with Gasteiger partial charge in [0.05, 0.1) is 17.1 Å². The minimum atomic E-state index is 0.750. The molecule has 1 fully saturated rings. The van der Waals surface area contributed by atoms with E-state index in [-0.39, 0.29) is 0 Å². The zero-order valence-corrected chi connectivity index (χ0v) is 27.8. The van der Waals surface area contributed by atoms with Crippen molar-refractivity contribution in [1.82, 2.24) is 15.0 Å². The quantitative estimate of drug-likeness (QED) is 0.135. The summed E-state index contributed by atoms with van der Waals surface area (Å²) in [5.74, 6) is 2.25. The van der Waals surface area contributed by atoms with Crippen LogP contribution in [-0.2, 0) is 19.3 Å². The smallest absolute Gasteiger partial charge is 0.0702 e. The van der Waals surface area contributed by atoms with Gasteiger partial charge in [-0.25, -0.2) is 0 Å². The van der Waals surface area contributed by atoms with Crippen molar-refractivity contribution in [2.45, 2.75) is 57.8 Å². The molecular weight excluding hydrogens is 583 g/mol. The number of nitrogens with zero attached hydrogens (tertiary/aromatic N) is 3. The van der Waals surface area contributed by atoms with Crippen LogP contribution in [0.3, 0.4) is 0 Å². The minimum Gasteiger partial charge on any atom is -0.256 e. The summed E-state index contributed by atoms with van der Waals surface area (Å²) in [6.45, 7) is 0. The average molecular weight is 628 g/mol. The Labute approximate surface area is 286 Å². The van der Waals surface area contributed by atoms with Crippen molar-refractivity contribution >= 4 is 0 Å². The van der Waals surface area contributed by atoms with Crippen LogP contribution in [0.15, 0.2) is 146 Å². The summed E-state index contributed by atoms with van der Waals surface area (Å²) in [5, 5.41) is 0. The van der Waals surface area contributed by atoms with Crippen LogP contribution in [0.1, 0.15) is 55.2 Å². The Balaban J connectivity index is 0.982. The van der Waals surface area contributed by atoms with E-state index in [0.29, 0.717) is 0 Å². The van der Waals surface area contributed by atoms with Crippen LogP contribution < -0.4 is 0 Å². The van der Waals surface area contributed by atoms with E-state index in [4.69, 9.17) is 15.0 Å². The zero-order chi connectivity index (χ0) is 32.4. The van der Waals surface area contributed by atoms with Crippen molar-refractivity contribution in [3.8, 4) is 33.8 Å². The Morgan fingerprint density at radius 2 is 0.646 bits per heavy atom. The summed E-state index contributed by atoms with van der Waals surface area (Å²) in [5.41, 5.74) is 10.7. The number of aryl methyl sites for hydroxylation is 3. The molecule has 0 radical (unpaired) electrons. The fraction of sp³-hybridized carbons (Fsp3) is 0.267. The molecule has 3 heterocycles. The van der Waals surface area contributed by atoms with Gasteiger partial charge in [-0.1, -0.05) is 109 Å². The van der Waals surface area contributed by atoms with Crippen LogP contribution in [0.2, 0.25) is 0 Å². The fourth-order valence-corrected chi connectivity index (χ4v) is 7.58. The first-order valence-electron chi connectivity index (χ1n) is 17.8. The van der Waals surface area contributed by atoms with Crippen molar-refractivity contribution in [2.75, 3.05) is 0 Å². The zero-order valence-electron chi connectivity index (χ0n) is 27.8. The molecule has 6 aromatic rings. The van der Waals surface area contributed by atoms with Gasteiger partial charge in [0.25, 0.3) is 0 Å². The Morgan fingerprint density at radius 3 is 0.896 bits per heavy atom. The second kappa shape index (κ2) is 15.8. The normalized spacial score (nSPS) is 17.6. The van der Waals surface area contributed by atoms with Gasteiger partial charge >= 0.3 is 0 Å². The minimum absolute atomic E-state index is 0.750. The van der Waals surface area contributed by atoms with Crippen molar-refractivity contribution in [3.63, 3.8) is 0 Å². The van der Waals surface area contributed by atoms with Crippen LogP contribution in [0.5, 0.6) is 0 Å². The van der Waals surface area contributed by atoms with E-state index in [9.17, 15) is 0 Å². The SMILES string of the molecule is c1ccc(-c2ccc(CCC3CC(CCc4ccc(-c5ccccc5)nc4)CC(CCc4ccc(-c5ccccc5)nc4)C3)cn2)cc1. The maximum absolute atomic E-state index is 4.81. The lowest BCUT2D eigenvalue weighted by Gasteiger charge is -2.35. The molecule has 0 amide bonds. The molecule has 1 aliphatic carbocycles. The monoisotopic (exact) mass is 627 g/mol. The summed E-state index contributed by atoms with van der Waals surface area (Å²) in [6.07, 6.45) is 17.3. The highest BCUT2D eigenvalue weighted by Gasteiger charge is 2.28. The highest BCUT2D eigenvalue weighted by Crippen LogP contribution is 2.40. The third-order valence-corrected chi connectivity index (χ3v) is 10.2. The van der Waals surface area contributed by atoms with E-state index >= 15 is 0 Å². The Morgan fingerprint density at radius 1 is 0.354 bits per heavy atom. The third-order valence-electron chi connectivity index (χ3n) is 10.2. The molecule has 7 rings (SSSR count). The first kappa shape index (κ1) is 31.7. The van der Waals surface area contributed by atoms with E-state index in [0.717, 1.165) is 54.1 Å². The van der Waals surface area contributed by atoms with Crippen LogP contribution in [-0.4, -0.2) is 15.0 Å². The maximum Gasteiger partial charge on any atom is 0.0702 e. The third kappa shape index (κ3) is 8.52. The molecule has 3 aromatic carbocycles. The van der Waals surface area contributed by atoms with E-state index < -0.39 is 0 Å². The highest BCUT2D eigenvalue weighted by molar-refractivity contribution is 5.60. The predicted octanol–water partition coefficient (Wildman–Crippen LogP) is 11.1. The molecule has 0 unspecified atom stereocenters. The second-order valence-corrected chi connectivity index (χ2v) is 13.7. The van der Waals surface area contributed by atoms with Gasteiger partial charge in [-0.05, 0) is 110 Å². The lowest BCUT2D eigenvalue weighted by molar-refractivity contribution is 0.172. The second-order valence-electron chi connectivity index (χ2n) is 13.7. The average Bonchev–Trinajstić information content (AvgIpc) is 3.17. The molecule has 0 spiro atoms. The van der Waals surface area contributed by atoms with Crippen molar-refractivity contribution < 1.29 is 0 Å². The number of pyridine rings is 3. The molecule has 240 valence electrons. The summed E-state index contributed by atoms with van der Waals surface area (Å²) in [6, 6.07) is 44.8. The van der Waals surface area contributed by atoms with Crippen LogP contribution in [0.25, 0.3) is 33.8 Å². The van der Waals surface area contributed by atoms with Gasteiger partial charge in [0.2, 0.25) is 0 Å². The summed E-state index contributed by atoms with van der Waals surface area (Å²) >= 11 is 0. The number of hydrogen-bond acceptors (Lipinski definition) is 3. The first-order valence-corrected chi connectivity index (χ1v) is 17.8. The molecular formula is C45H45N3. The van der Waals surface area contributed by atoms with Crippen LogP contribution >= 0.6 is 0 Å². The van der Waals surface area contributed by atoms with Crippen molar-refractivity contribution in [3.05, 3.63) is 163 Å². The molecule has 1 aliphatic rings. The Bertz CT molecular complexity index is 1590. The van der Waals surface area contributed by atoms with Crippen molar-refractivity contribution in [2.24, 2.45) is 17.8 Å². The van der Waals surface area contributed by atoms with Crippen LogP contribution in [0, 0.1) is 17.8 Å². The topological polar surface area (TPSA) is 38.7 Å². The van der Waals surface area contributed by atoms with E-state index in [1.54, 1.807) is 0 Å². The van der Waals surface area contributed by atoms with Crippen molar-refractivity contribution in [1.29, 1.82) is 0 Å². The largest absolute Gasteiger partial charge is 0.256 e. The molecule has 0 bridgehead atoms. The van der Waals surface area contributed by atoms with Gasteiger partial charge < -0.3 is 0 Å². The first-order chi connectivity index (χ1) is 23.7. The highest BCUT2D eigenvalue weighted by atomic mass is 14.7. The molecule has 48 heavy (non-hydrogen) atoms. The summed E-state index contributed by atoms with van der Waals surface area (Å²) in [4.78, 5) is 14.4. The molecule has 3 aromatic heterocycles. The van der Waals surface area contributed by atoms with Gasteiger partial charge in [-0.15, -0.1) is 0 Å². The Hall–Kier alpha value is -4.89. The fourth-order valence-electron chi connectivity index (χ4n) is 7.58. The molecule has 0 atom stereocenters. The van der Waals surface area contributed by atoms with Gasteiger partial charge in [0.1, 0.15) is 0 Å². The number of benzene rings is 3. The number of rotatable bonds is 12. The summed E-state index contributed by atoms with van der Waals surface area (Å²) < 4.78 is 0. The molecule has 1 saturated carbocycles. The molecule has 3 nitrogen and oxygen atoms in total. The van der Waals surface area contributed by atoms with Crippen LogP contribution in [0.4, 0.5) is 0 Å². The number of aromatic nitrogens is 3. The molecule has 3 heteroatoms. The lowest BCUT2D eigenvalue weighted by Crippen LogP contribution is -2.24. The molecule has 0 aliphatic heterocycles. The van der Waals surface area contributed by atoms with Gasteiger partial charge in [0, 0.05) is 35.3 Å². The van der Waals surface area contributed by atoms with E-state index in [1.807, 2.05) is 0 Å². The summed E-state index contributed by atoms with van der Waals surface area (Å²) in [7, 11) is 0. The Kier molecular flexibility index (Phi) is 10.4. The maximum atomic E-state index is 4.81.